The van der Waals surface area contributed by atoms with E-state index in [4.69, 9.17) is 34.2 Å². The molecule has 0 bridgehead atoms. The van der Waals surface area contributed by atoms with Crippen LogP contribution < -0.4 is 5.73 Å². The SMILES string of the molecule is N#Cc1cnc2c(Cl)c(Cl)ccc2c1N. The number of nitrogens with two attached hydrogens (primary N) is 1. The summed E-state index contributed by atoms with van der Waals surface area (Å²) in [4.78, 5) is 4.05. The normalized spacial score (nSPS) is 10.2. The van der Waals surface area contributed by atoms with Crippen molar-refractivity contribution in [3.63, 3.8) is 0 Å². The van der Waals surface area contributed by atoms with Crippen molar-refractivity contribution in [1.29, 1.82) is 5.26 Å². The molecule has 0 radical (unpaired) electrons. The molecule has 0 saturated carbocycles. The van der Waals surface area contributed by atoms with Crippen molar-refractivity contribution in [3.05, 3.63) is 33.9 Å². The fraction of sp³-hybridized carbons (Fsp3) is 0. The van der Waals surface area contributed by atoms with Gasteiger partial charge in [-0.05, 0) is 12.1 Å². The van der Waals surface area contributed by atoms with Crippen LogP contribution in [-0.2, 0) is 0 Å². The van der Waals surface area contributed by atoms with Gasteiger partial charge in [0.05, 0.1) is 26.8 Å². The molecule has 0 amide bonds. The lowest BCUT2D eigenvalue weighted by Gasteiger charge is -2.05. The minimum atomic E-state index is 0.334. The van der Waals surface area contributed by atoms with Crippen LogP contribution in [0.1, 0.15) is 5.56 Å². The summed E-state index contributed by atoms with van der Waals surface area (Å²) in [5.74, 6) is 0. The summed E-state index contributed by atoms with van der Waals surface area (Å²) in [5, 5.41) is 10.2. The first-order chi connectivity index (χ1) is 7.15. The molecule has 1 aromatic heterocycles. The molecule has 1 aromatic carbocycles. The predicted octanol–water partition coefficient (Wildman–Crippen LogP) is 3.00. The number of benzene rings is 1. The number of nitriles is 1. The second kappa shape index (κ2) is 3.58. The molecule has 74 valence electrons. The van der Waals surface area contributed by atoms with Crippen LogP contribution in [0.3, 0.4) is 0 Å². The largest absolute Gasteiger partial charge is 0.397 e. The molecule has 0 aliphatic rings. The Hall–Kier alpha value is -1.50. The molecule has 0 saturated heterocycles. The molecule has 2 N–H and O–H groups in total. The summed E-state index contributed by atoms with van der Waals surface area (Å²) >= 11 is 11.8. The van der Waals surface area contributed by atoms with E-state index in [-0.39, 0.29) is 0 Å². The molecule has 3 nitrogen and oxygen atoms in total. The van der Waals surface area contributed by atoms with Crippen LogP contribution in [0, 0.1) is 11.3 Å². The number of fused-ring (bicyclic) bond motifs is 1. The van der Waals surface area contributed by atoms with Gasteiger partial charge in [-0.15, -0.1) is 0 Å². The molecule has 0 atom stereocenters. The Balaban J connectivity index is 2.93. The van der Waals surface area contributed by atoms with Crippen LogP contribution in [0.2, 0.25) is 10.0 Å². The second-order valence-corrected chi connectivity index (χ2v) is 3.74. The lowest BCUT2D eigenvalue weighted by Crippen LogP contribution is -1.94. The van der Waals surface area contributed by atoms with Crippen molar-refractivity contribution in [2.75, 3.05) is 5.73 Å². The third kappa shape index (κ3) is 1.48. The number of pyridine rings is 1. The van der Waals surface area contributed by atoms with Crippen LogP contribution in [0.4, 0.5) is 5.69 Å². The molecule has 0 fully saturated rings. The van der Waals surface area contributed by atoms with Gasteiger partial charge in [0, 0.05) is 11.6 Å². The maximum absolute atomic E-state index is 8.77. The van der Waals surface area contributed by atoms with Gasteiger partial charge in [-0.2, -0.15) is 5.26 Å². The summed E-state index contributed by atoms with van der Waals surface area (Å²) in [7, 11) is 0. The van der Waals surface area contributed by atoms with E-state index in [0.717, 1.165) is 0 Å². The topological polar surface area (TPSA) is 62.7 Å². The molecule has 15 heavy (non-hydrogen) atoms. The number of hydrogen-bond donors (Lipinski definition) is 1. The molecule has 2 aromatic rings. The maximum atomic E-state index is 8.77. The molecule has 0 spiro atoms. The Morgan fingerprint density at radius 2 is 2.07 bits per heavy atom. The molecule has 5 heteroatoms. The van der Waals surface area contributed by atoms with Gasteiger partial charge in [-0.1, -0.05) is 23.2 Å². The fourth-order valence-corrected chi connectivity index (χ4v) is 1.68. The molecule has 0 aliphatic carbocycles. The molecule has 1 heterocycles. The van der Waals surface area contributed by atoms with Gasteiger partial charge in [-0.3, -0.25) is 4.98 Å². The van der Waals surface area contributed by atoms with Gasteiger partial charge < -0.3 is 5.73 Å². The lowest BCUT2D eigenvalue weighted by molar-refractivity contribution is 1.37. The number of nitrogens with zero attached hydrogens (tertiary/aromatic N) is 2. The van der Waals surface area contributed by atoms with E-state index in [1.54, 1.807) is 12.1 Å². The molecule has 2 rings (SSSR count). The van der Waals surface area contributed by atoms with E-state index in [1.807, 2.05) is 6.07 Å². The van der Waals surface area contributed by atoms with Gasteiger partial charge in [-0.25, -0.2) is 0 Å². The van der Waals surface area contributed by atoms with Crippen molar-refractivity contribution in [2.24, 2.45) is 0 Å². The van der Waals surface area contributed by atoms with Crippen molar-refractivity contribution in [2.45, 2.75) is 0 Å². The Kier molecular flexibility index (Phi) is 2.39. The Morgan fingerprint density at radius 1 is 1.33 bits per heavy atom. The number of aromatic nitrogens is 1. The van der Waals surface area contributed by atoms with E-state index in [0.29, 0.717) is 32.2 Å². The van der Waals surface area contributed by atoms with E-state index in [2.05, 4.69) is 4.98 Å². The average Bonchev–Trinajstić information content (AvgIpc) is 2.24. The number of anilines is 1. The van der Waals surface area contributed by atoms with Crippen molar-refractivity contribution < 1.29 is 0 Å². The quantitative estimate of drug-likeness (QED) is 0.767. The van der Waals surface area contributed by atoms with Gasteiger partial charge in [0.25, 0.3) is 0 Å². The first-order valence-electron chi connectivity index (χ1n) is 4.07. The summed E-state index contributed by atoms with van der Waals surface area (Å²) in [6.07, 6.45) is 1.39. The zero-order chi connectivity index (χ0) is 11.0. The second-order valence-electron chi connectivity index (χ2n) is 2.95. The monoisotopic (exact) mass is 237 g/mol. The number of nitrogen functional groups attached to an aromatic ring is 1. The third-order valence-corrected chi connectivity index (χ3v) is 2.89. The lowest BCUT2D eigenvalue weighted by atomic mass is 10.1. The first kappa shape index (κ1) is 10.0. The molecular weight excluding hydrogens is 233 g/mol. The Labute approximate surface area is 96.0 Å². The highest BCUT2D eigenvalue weighted by Gasteiger charge is 2.10. The highest BCUT2D eigenvalue weighted by Crippen LogP contribution is 2.32. The van der Waals surface area contributed by atoms with Crippen molar-refractivity contribution >= 4 is 39.8 Å². The molecule has 0 aliphatic heterocycles. The van der Waals surface area contributed by atoms with Crippen LogP contribution in [0.25, 0.3) is 10.9 Å². The summed E-state index contributed by atoms with van der Waals surface area (Å²) in [6.45, 7) is 0. The summed E-state index contributed by atoms with van der Waals surface area (Å²) in [6, 6.07) is 5.29. The number of hydrogen-bond acceptors (Lipinski definition) is 3. The third-order valence-electron chi connectivity index (χ3n) is 2.09. The maximum Gasteiger partial charge on any atom is 0.103 e. The average molecular weight is 238 g/mol. The molecular formula is C10H5Cl2N3. The smallest absolute Gasteiger partial charge is 0.103 e. The first-order valence-corrected chi connectivity index (χ1v) is 4.83. The Morgan fingerprint density at radius 3 is 2.73 bits per heavy atom. The minimum absolute atomic E-state index is 0.334. The predicted molar refractivity (Wildman–Crippen MR) is 60.9 cm³/mol. The van der Waals surface area contributed by atoms with Gasteiger partial charge in [0.1, 0.15) is 6.07 Å². The van der Waals surface area contributed by atoms with Gasteiger partial charge >= 0.3 is 0 Å². The van der Waals surface area contributed by atoms with Crippen LogP contribution in [0.15, 0.2) is 18.3 Å². The van der Waals surface area contributed by atoms with Crippen LogP contribution in [-0.4, -0.2) is 4.98 Å². The highest BCUT2D eigenvalue weighted by molar-refractivity contribution is 6.45. The summed E-state index contributed by atoms with van der Waals surface area (Å²) < 4.78 is 0. The minimum Gasteiger partial charge on any atom is -0.397 e. The van der Waals surface area contributed by atoms with E-state index >= 15 is 0 Å². The van der Waals surface area contributed by atoms with Crippen molar-refractivity contribution in [1.82, 2.24) is 4.98 Å². The zero-order valence-corrected chi connectivity index (χ0v) is 8.97. The number of halogens is 2. The number of rotatable bonds is 0. The fourth-order valence-electron chi connectivity index (χ4n) is 1.32. The van der Waals surface area contributed by atoms with Crippen LogP contribution >= 0.6 is 23.2 Å². The summed E-state index contributed by atoms with van der Waals surface area (Å²) in [5.41, 5.74) is 7.01. The van der Waals surface area contributed by atoms with E-state index in [1.165, 1.54) is 6.20 Å². The van der Waals surface area contributed by atoms with Crippen LogP contribution in [0.5, 0.6) is 0 Å². The zero-order valence-electron chi connectivity index (χ0n) is 7.46. The Bertz CT molecular complexity index is 587. The highest BCUT2D eigenvalue weighted by atomic mass is 35.5. The van der Waals surface area contributed by atoms with E-state index in [9.17, 15) is 0 Å². The van der Waals surface area contributed by atoms with E-state index < -0.39 is 0 Å². The standard InChI is InChI=1S/C10H5Cl2N3/c11-7-2-1-6-9(14)5(3-13)4-15-10(6)8(7)12/h1-2,4H,(H2,14,15). The van der Waals surface area contributed by atoms with Crippen molar-refractivity contribution in [3.8, 4) is 6.07 Å². The van der Waals surface area contributed by atoms with Gasteiger partial charge in [0.15, 0.2) is 0 Å². The molecule has 0 unspecified atom stereocenters. The van der Waals surface area contributed by atoms with Gasteiger partial charge in [0.2, 0.25) is 0 Å².